The van der Waals surface area contributed by atoms with Gasteiger partial charge in [-0.25, -0.2) is 19.9 Å². The standard InChI is InChI=1S/C23H30N10O2S2/c1-5-14-30-21(35-13-9-29-23(27)33-19(13)25)17(36-14)11(4)6-7-15-31-20(16(37-15)10(2)3)34-12-8-28-22(26)32-18(12)24/h8-11H,5-7H2,1-4H3,(H4,24,26,28,32)(H4,25,27,29,33). The average molecular weight is 543 g/mol. The summed E-state index contributed by atoms with van der Waals surface area (Å²) < 4.78 is 12.0. The Bertz CT molecular complexity index is 1390. The fourth-order valence-electron chi connectivity index (χ4n) is 3.44. The van der Waals surface area contributed by atoms with Gasteiger partial charge in [0.25, 0.3) is 0 Å². The quantitative estimate of drug-likeness (QED) is 0.219. The minimum atomic E-state index is 0.0881. The summed E-state index contributed by atoms with van der Waals surface area (Å²) in [4.78, 5) is 27.3. The molecule has 0 bridgehead atoms. The normalized spacial score (nSPS) is 12.1. The van der Waals surface area contributed by atoms with Gasteiger partial charge in [-0.2, -0.15) is 9.97 Å². The van der Waals surface area contributed by atoms with Crippen LogP contribution in [0.2, 0.25) is 0 Å². The Morgan fingerprint density at radius 3 is 1.78 bits per heavy atom. The van der Waals surface area contributed by atoms with E-state index in [0.717, 1.165) is 39.0 Å². The van der Waals surface area contributed by atoms with Crippen LogP contribution in [0.3, 0.4) is 0 Å². The summed E-state index contributed by atoms with van der Waals surface area (Å²) in [6, 6.07) is 0. The highest BCUT2D eigenvalue weighted by Crippen LogP contribution is 2.40. The lowest BCUT2D eigenvalue weighted by atomic mass is 10.0. The number of hydrogen-bond acceptors (Lipinski definition) is 14. The fraction of sp³-hybridized carbons (Fsp3) is 0.391. The first-order chi connectivity index (χ1) is 17.6. The summed E-state index contributed by atoms with van der Waals surface area (Å²) in [5.74, 6) is 2.56. The van der Waals surface area contributed by atoms with E-state index in [1.165, 1.54) is 12.4 Å². The summed E-state index contributed by atoms with van der Waals surface area (Å²) >= 11 is 3.25. The number of nitrogen functional groups attached to an aromatic ring is 4. The van der Waals surface area contributed by atoms with Crippen LogP contribution < -0.4 is 32.4 Å². The number of thiazole rings is 2. The maximum atomic E-state index is 6.02. The first-order valence-corrected chi connectivity index (χ1v) is 13.4. The average Bonchev–Trinajstić information content (AvgIpc) is 3.45. The molecule has 0 fully saturated rings. The monoisotopic (exact) mass is 542 g/mol. The SMILES string of the molecule is CCc1nc(Oc2cnc(N)nc2N)c(C(C)CCc2nc(Oc3cnc(N)nc3N)c(C(C)C)s2)s1. The highest BCUT2D eigenvalue weighted by Gasteiger charge is 2.22. The molecule has 1 unspecified atom stereocenters. The molecule has 37 heavy (non-hydrogen) atoms. The zero-order valence-corrected chi connectivity index (χ0v) is 22.7. The van der Waals surface area contributed by atoms with Gasteiger partial charge in [-0.1, -0.05) is 27.7 Å². The Labute approximate surface area is 222 Å². The minimum Gasteiger partial charge on any atom is -0.432 e. The molecule has 14 heteroatoms. The lowest BCUT2D eigenvalue weighted by Crippen LogP contribution is -2.03. The smallest absolute Gasteiger partial charge is 0.234 e. The molecule has 0 saturated carbocycles. The first-order valence-electron chi connectivity index (χ1n) is 11.7. The lowest BCUT2D eigenvalue weighted by Gasteiger charge is -2.11. The second kappa shape index (κ2) is 11.1. The zero-order chi connectivity index (χ0) is 26.7. The van der Waals surface area contributed by atoms with Crippen LogP contribution in [0.4, 0.5) is 23.5 Å². The number of nitrogens with two attached hydrogens (primary N) is 4. The molecule has 4 aromatic rings. The van der Waals surface area contributed by atoms with E-state index in [9.17, 15) is 0 Å². The molecule has 0 aromatic carbocycles. The molecule has 0 spiro atoms. The largest absolute Gasteiger partial charge is 0.432 e. The van der Waals surface area contributed by atoms with Crippen molar-refractivity contribution >= 4 is 46.2 Å². The zero-order valence-electron chi connectivity index (χ0n) is 21.1. The van der Waals surface area contributed by atoms with E-state index in [1.807, 2.05) is 0 Å². The highest BCUT2D eigenvalue weighted by molar-refractivity contribution is 7.12. The van der Waals surface area contributed by atoms with Gasteiger partial charge in [0.05, 0.1) is 32.2 Å². The van der Waals surface area contributed by atoms with E-state index in [4.69, 9.17) is 37.4 Å². The molecule has 0 aliphatic carbocycles. The molecule has 0 radical (unpaired) electrons. The molecule has 8 N–H and O–H groups in total. The molecule has 0 aliphatic rings. The Balaban J connectivity index is 1.51. The van der Waals surface area contributed by atoms with Gasteiger partial charge in [0, 0.05) is 6.42 Å². The molecule has 0 amide bonds. The van der Waals surface area contributed by atoms with Crippen LogP contribution in [0.15, 0.2) is 12.4 Å². The Hall–Kier alpha value is -3.78. The van der Waals surface area contributed by atoms with Crippen molar-refractivity contribution in [3.63, 3.8) is 0 Å². The van der Waals surface area contributed by atoms with E-state index in [1.54, 1.807) is 22.7 Å². The molecular weight excluding hydrogens is 512 g/mol. The van der Waals surface area contributed by atoms with Gasteiger partial charge in [0.1, 0.15) is 0 Å². The maximum Gasteiger partial charge on any atom is 0.234 e. The number of aryl methyl sites for hydroxylation is 2. The molecule has 0 aliphatic heterocycles. The maximum absolute atomic E-state index is 6.02. The molecular formula is C23H30N10O2S2. The van der Waals surface area contributed by atoms with Gasteiger partial charge < -0.3 is 32.4 Å². The van der Waals surface area contributed by atoms with E-state index < -0.39 is 0 Å². The number of ether oxygens (including phenoxy) is 2. The number of anilines is 4. The second-order valence-electron chi connectivity index (χ2n) is 8.66. The van der Waals surface area contributed by atoms with Gasteiger partial charge in [-0.15, -0.1) is 22.7 Å². The third-order valence-corrected chi connectivity index (χ3v) is 8.22. The highest BCUT2D eigenvalue weighted by atomic mass is 32.1. The van der Waals surface area contributed by atoms with Crippen LogP contribution in [0.25, 0.3) is 0 Å². The summed E-state index contributed by atoms with van der Waals surface area (Å²) in [7, 11) is 0. The van der Waals surface area contributed by atoms with Crippen molar-refractivity contribution in [2.24, 2.45) is 0 Å². The Morgan fingerprint density at radius 2 is 1.27 bits per heavy atom. The summed E-state index contributed by atoms with van der Waals surface area (Å²) in [5.41, 5.74) is 23.1. The van der Waals surface area contributed by atoms with Crippen LogP contribution in [0.1, 0.15) is 65.7 Å². The molecule has 0 saturated heterocycles. The van der Waals surface area contributed by atoms with Crippen molar-refractivity contribution in [1.29, 1.82) is 0 Å². The van der Waals surface area contributed by atoms with Crippen LogP contribution >= 0.6 is 22.7 Å². The van der Waals surface area contributed by atoms with Crippen molar-refractivity contribution in [2.45, 2.75) is 58.8 Å². The van der Waals surface area contributed by atoms with E-state index in [2.05, 4.69) is 52.6 Å². The van der Waals surface area contributed by atoms with Gasteiger partial charge in [-0.3, -0.25) is 0 Å². The summed E-state index contributed by atoms with van der Waals surface area (Å²) in [6.45, 7) is 8.38. The van der Waals surface area contributed by atoms with Crippen LogP contribution in [-0.2, 0) is 12.8 Å². The molecule has 4 rings (SSSR count). The van der Waals surface area contributed by atoms with Crippen molar-refractivity contribution in [3.05, 3.63) is 32.2 Å². The number of hydrogen-bond donors (Lipinski definition) is 4. The van der Waals surface area contributed by atoms with Gasteiger partial charge in [0.15, 0.2) is 23.1 Å². The predicted octanol–water partition coefficient (Wildman–Crippen LogP) is 4.52. The van der Waals surface area contributed by atoms with Gasteiger partial charge >= 0.3 is 0 Å². The predicted molar refractivity (Wildman–Crippen MR) is 146 cm³/mol. The first kappa shape index (κ1) is 26.3. The number of nitrogens with zero attached hydrogens (tertiary/aromatic N) is 6. The van der Waals surface area contributed by atoms with Crippen LogP contribution in [0.5, 0.6) is 23.3 Å². The topological polar surface area (TPSA) is 200 Å². The van der Waals surface area contributed by atoms with Gasteiger partial charge in [0.2, 0.25) is 23.7 Å². The van der Waals surface area contributed by atoms with E-state index in [0.29, 0.717) is 23.3 Å². The molecule has 12 nitrogen and oxygen atoms in total. The van der Waals surface area contributed by atoms with Gasteiger partial charge in [-0.05, 0) is 24.7 Å². The fourth-order valence-corrected chi connectivity index (χ4v) is 5.47. The number of aromatic nitrogens is 6. The molecule has 196 valence electrons. The van der Waals surface area contributed by atoms with E-state index in [-0.39, 0.29) is 35.4 Å². The third-order valence-electron chi connectivity index (χ3n) is 5.41. The lowest BCUT2D eigenvalue weighted by molar-refractivity contribution is 0.450. The number of rotatable bonds is 10. The van der Waals surface area contributed by atoms with Crippen molar-refractivity contribution in [2.75, 3.05) is 22.9 Å². The summed E-state index contributed by atoms with van der Waals surface area (Å²) in [5, 5.41) is 1.93. The molecule has 1 atom stereocenters. The van der Waals surface area contributed by atoms with Crippen LogP contribution in [-0.4, -0.2) is 29.9 Å². The Morgan fingerprint density at radius 1 is 0.757 bits per heavy atom. The van der Waals surface area contributed by atoms with Crippen molar-refractivity contribution in [1.82, 2.24) is 29.9 Å². The summed E-state index contributed by atoms with van der Waals surface area (Å²) in [6.07, 6.45) is 5.28. The minimum absolute atomic E-state index is 0.0881. The third kappa shape index (κ3) is 6.14. The molecule has 4 heterocycles. The van der Waals surface area contributed by atoms with E-state index >= 15 is 0 Å². The second-order valence-corrected chi connectivity index (χ2v) is 10.9. The van der Waals surface area contributed by atoms with Crippen LogP contribution in [0, 0.1) is 0 Å². The van der Waals surface area contributed by atoms with Crippen molar-refractivity contribution in [3.8, 4) is 23.3 Å². The Kier molecular flexibility index (Phi) is 7.88. The molecule has 4 aromatic heterocycles. The van der Waals surface area contributed by atoms with Crippen molar-refractivity contribution < 1.29 is 9.47 Å².